The lowest BCUT2D eigenvalue weighted by Gasteiger charge is -2.26. The van der Waals surface area contributed by atoms with Crippen molar-refractivity contribution in [1.82, 2.24) is 10.2 Å². The highest BCUT2D eigenvalue weighted by atomic mass is 35.5. The fourth-order valence-corrected chi connectivity index (χ4v) is 3.60. The Morgan fingerprint density at radius 2 is 1.97 bits per heavy atom. The maximum absolute atomic E-state index is 13.2. The minimum absolute atomic E-state index is 0.0804. The van der Waals surface area contributed by atoms with Crippen molar-refractivity contribution in [2.24, 2.45) is 0 Å². The number of fused-ring (bicyclic) bond motifs is 1. The Morgan fingerprint density at radius 3 is 2.66 bits per heavy atom. The van der Waals surface area contributed by atoms with Gasteiger partial charge in [-0.1, -0.05) is 23.7 Å². The summed E-state index contributed by atoms with van der Waals surface area (Å²) < 4.78 is 13.2. The van der Waals surface area contributed by atoms with Crippen molar-refractivity contribution >= 4 is 34.8 Å². The van der Waals surface area contributed by atoms with Crippen LogP contribution in [0.15, 0.2) is 36.4 Å². The number of nitrogens with one attached hydrogen (secondary N) is 2. The second-order valence-electron chi connectivity index (χ2n) is 7.33. The van der Waals surface area contributed by atoms with Gasteiger partial charge in [0.05, 0.1) is 11.1 Å². The number of nitrogens with zero attached hydrogens (tertiary/aromatic N) is 2. The average molecular weight is 419 g/mol. The molecule has 2 aromatic rings. The van der Waals surface area contributed by atoms with Crippen molar-refractivity contribution in [2.45, 2.75) is 12.5 Å². The molecule has 29 heavy (non-hydrogen) atoms. The SMILES string of the molecule is CN1CCc2cc([C@@H](CNC(=O)C(=O)Nc3ccc(F)c(Cl)c3)N(C)C)ccc21. The van der Waals surface area contributed by atoms with Crippen molar-refractivity contribution < 1.29 is 14.0 Å². The number of benzene rings is 2. The predicted molar refractivity (Wildman–Crippen MR) is 113 cm³/mol. The highest BCUT2D eigenvalue weighted by molar-refractivity contribution is 6.39. The summed E-state index contributed by atoms with van der Waals surface area (Å²) in [6.07, 6.45) is 0.995. The standard InChI is InChI=1S/C21H24ClFN4O2/c1-26(2)19(13-4-7-18-14(10-13)8-9-27(18)3)12-24-20(28)21(29)25-15-5-6-17(23)16(22)11-15/h4-7,10-11,19H,8-9,12H2,1-3H3,(H,24,28)(H,25,29)/t19-/m1/s1. The molecule has 1 aliphatic heterocycles. The third-order valence-electron chi connectivity index (χ3n) is 5.08. The first-order chi connectivity index (χ1) is 13.8. The second kappa shape index (κ2) is 8.80. The van der Waals surface area contributed by atoms with Gasteiger partial charge in [-0.2, -0.15) is 0 Å². The Balaban J connectivity index is 1.63. The molecule has 6 nitrogen and oxygen atoms in total. The molecule has 0 aliphatic carbocycles. The minimum atomic E-state index is -0.833. The van der Waals surface area contributed by atoms with Crippen LogP contribution < -0.4 is 15.5 Å². The zero-order chi connectivity index (χ0) is 21.1. The largest absolute Gasteiger partial charge is 0.374 e. The van der Waals surface area contributed by atoms with Crippen molar-refractivity contribution in [3.63, 3.8) is 0 Å². The molecule has 0 fully saturated rings. The number of carbonyl (C=O) groups is 2. The van der Waals surface area contributed by atoms with E-state index >= 15 is 0 Å². The van der Waals surface area contributed by atoms with Crippen molar-refractivity contribution in [3.05, 3.63) is 58.4 Å². The third-order valence-corrected chi connectivity index (χ3v) is 5.37. The highest BCUT2D eigenvalue weighted by Crippen LogP contribution is 2.30. The van der Waals surface area contributed by atoms with Crippen LogP contribution in [0.5, 0.6) is 0 Å². The Bertz CT molecular complexity index is 935. The molecule has 8 heteroatoms. The molecule has 2 N–H and O–H groups in total. The molecule has 0 radical (unpaired) electrons. The van der Waals surface area contributed by atoms with Gasteiger partial charge in [-0.3, -0.25) is 9.59 Å². The molecule has 2 aromatic carbocycles. The Labute approximate surface area is 174 Å². The van der Waals surface area contributed by atoms with E-state index in [1.165, 1.54) is 23.4 Å². The van der Waals surface area contributed by atoms with Gasteiger partial charge in [0.15, 0.2) is 0 Å². The van der Waals surface area contributed by atoms with E-state index in [4.69, 9.17) is 11.6 Å². The number of carbonyl (C=O) groups excluding carboxylic acids is 2. The number of amides is 2. The van der Waals surface area contributed by atoms with Crippen LogP contribution in [0.25, 0.3) is 0 Å². The van der Waals surface area contributed by atoms with Crippen LogP contribution >= 0.6 is 11.6 Å². The van der Waals surface area contributed by atoms with Crippen LogP contribution in [-0.4, -0.2) is 50.9 Å². The topological polar surface area (TPSA) is 64.7 Å². The third kappa shape index (κ3) is 4.86. The van der Waals surface area contributed by atoms with E-state index in [0.717, 1.165) is 24.6 Å². The van der Waals surface area contributed by atoms with Crippen LogP contribution in [0.3, 0.4) is 0 Å². The molecule has 0 spiro atoms. The van der Waals surface area contributed by atoms with Gasteiger partial charge in [0.1, 0.15) is 5.82 Å². The number of halogens is 2. The molecule has 154 valence electrons. The van der Waals surface area contributed by atoms with Crippen LogP contribution in [0.2, 0.25) is 5.02 Å². The summed E-state index contributed by atoms with van der Waals surface area (Å²) in [4.78, 5) is 28.6. The van der Waals surface area contributed by atoms with Crippen molar-refractivity contribution in [2.75, 3.05) is 44.4 Å². The second-order valence-corrected chi connectivity index (χ2v) is 7.74. The fourth-order valence-electron chi connectivity index (χ4n) is 3.42. The lowest BCUT2D eigenvalue weighted by Crippen LogP contribution is -2.40. The zero-order valence-electron chi connectivity index (χ0n) is 16.6. The lowest BCUT2D eigenvalue weighted by molar-refractivity contribution is -0.136. The van der Waals surface area contributed by atoms with E-state index in [9.17, 15) is 14.0 Å². The molecule has 0 bridgehead atoms. The van der Waals surface area contributed by atoms with Crippen LogP contribution in [0.4, 0.5) is 15.8 Å². The quantitative estimate of drug-likeness (QED) is 0.733. The molecule has 0 unspecified atom stereocenters. The summed E-state index contributed by atoms with van der Waals surface area (Å²) in [6.45, 7) is 1.27. The van der Waals surface area contributed by atoms with Gasteiger partial charge in [0.25, 0.3) is 0 Å². The zero-order valence-corrected chi connectivity index (χ0v) is 17.4. The van der Waals surface area contributed by atoms with E-state index in [2.05, 4.69) is 40.8 Å². The number of rotatable bonds is 5. The molecule has 0 aromatic heterocycles. The summed E-state index contributed by atoms with van der Waals surface area (Å²) in [7, 11) is 5.93. The first-order valence-corrected chi connectivity index (χ1v) is 9.68. The molecule has 3 rings (SSSR count). The maximum Gasteiger partial charge on any atom is 0.313 e. The molecule has 1 heterocycles. The minimum Gasteiger partial charge on any atom is -0.374 e. The molecular formula is C21H24ClFN4O2. The van der Waals surface area contributed by atoms with E-state index in [1.807, 2.05) is 19.0 Å². The van der Waals surface area contributed by atoms with Gasteiger partial charge >= 0.3 is 11.8 Å². The molecule has 0 saturated heterocycles. The van der Waals surface area contributed by atoms with E-state index < -0.39 is 17.6 Å². The maximum atomic E-state index is 13.2. The summed E-state index contributed by atoms with van der Waals surface area (Å²) in [5, 5.41) is 4.97. The first-order valence-electron chi connectivity index (χ1n) is 9.31. The van der Waals surface area contributed by atoms with Crippen LogP contribution in [0.1, 0.15) is 17.2 Å². The van der Waals surface area contributed by atoms with E-state index in [1.54, 1.807) is 0 Å². The van der Waals surface area contributed by atoms with Gasteiger partial charge in [-0.05, 0) is 55.9 Å². The summed E-state index contributed by atoms with van der Waals surface area (Å²) in [5.41, 5.74) is 3.85. The predicted octanol–water partition coefficient (Wildman–Crippen LogP) is 2.83. The van der Waals surface area contributed by atoms with Gasteiger partial charge in [-0.25, -0.2) is 4.39 Å². The highest BCUT2D eigenvalue weighted by Gasteiger charge is 2.22. The van der Waals surface area contributed by atoms with Gasteiger partial charge in [0.2, 0.25) is 0 Å². The number of likely N-dealkylation sites (N-methyl/N-ethyl adjacent to an activating group) is 2. The van der Waals surface area contributed by atoms with E-state index in [-0.39, 0.29) is 23.3 Å². The smallest absolute Gasteiger partial charge is 0.313 e. The normalized spacial score (nSPS) is 13.9. The van der Waals surface area contributed by atoms with Gasteiger partial charge in [-0.15, -0.1) is 0 Å². The summed E-state index contributed by atoms with van der Waals surface area (Å²) >= 11 is 5.70. The van der Waals surface area contributed by atoms with Crippen molar-refractivity contribution in [3.8, 4) is 0 Å². The van der Waals surface area contributed by atoms with Crippen LogP contribution in [-0.2, 0) is 16.0 Å². The Morgan fingerprint density at radius 1 is 1.21 bits per heavy atom. The van der Waals surface area contributed by atoms with Crippen molar-refractivity contribution in [1.29, 1.82) is 0 Å². The number of anilines is 2. The Kier molecular flexibility index (Phi) is 6.39. The monoisotopic (exact) mass is 418 g/mol. The van der Waals surface area contributed by atoms with E-state index in [0.29, 0.717) is 0 Å². The first kappa shape index (κ1) is 21.1. The average Bonchev–Trinajstić information content (AvgIpc) is 3.05. The van der Waals surface area contributed by atoms with Crippen LogP contribution in [0, 0.1) is 5.82 Å². The fraction of sp³-hybridized carbons (Fsp3) is 0.333. The van der Waals surface area contributed by atoms with Gasteiger partial charge in [0, 0.05) is 31.5 Å². The van der Waals surface area contributed by atoms with Gasteiger partial charge < -0.3 is 20.4 Å². The Hall–Kier alpha value is -2.64. The molecule has 2 amide bonds. The number of hydrogen-bond donors (Lipinski definition) is 2. The molecule has 1 aliphatic rings. The summed E-state index contributed by atoms with van der Waals surface area (Å²) in [5.74, 6) is -2.19. The summed E-state index contributed by atoms with van der Waals surface area (Å²) in [6, 6.07) is 9.96. The molecule has 0 saturated carbocycles. The molecular weight excluding hydrogens is 395 g/mol. The lowest BCUT2D eigenvalue weighted by atomic mass is 10.0. The molecule has 1 atom stereocenters. The number of hydrogen-bond acceptors (Lipinski definition) is 4.